The fourth-order valence-electron chi connectivity index (χ4n) is 1.69. The Morgan fingerprint density at radius 1 is 1.33 bits per heavy atom. The summed E-state index contributed by atoms with van der Waals surface area (Å²) in [6, 6.07) is 2.56. The molecule has 2 heterocycles. The lowest BCUT2D eigenvalue weighted by atomic mass is 9.83. The molecule has 1 fully saturated rings. The van der Waals surface area contributed by atoms with Gasteiger partial charge in [-0.15, -0.1) is 0 Å². The Balaban J connectivity index is 2.41. The standard InChI is InChI=1S/C14H22BNO2/c1-6-7-11-8-9-16-12(10-11)15-17-13(2,3)14(4,5)18-15/h8-10H,6-7H2,1-5H3/i1D3,6D2,7D2. The van der Waals surface area contributed by atoms with Gasteiger partial charge < -0.3 is 9.31 Å². The van der Waals surface area contributed by atoms with E-state index in [2.05, 4.69) is 4.98 Å². The molecule has 1 aromatic heterocycles. The van der Waals surface area contributed by atoms with Crippen LogP contribution in [-0.2, 0) is 15.7 Å². The van der Waals surface area contributed by atoms with E-state index in [9.17, 15) is 0 Å². The van der Waals surface area contributed by atoms with Crippen LogP contribution in [-0.4, -0.2) is 23.3 Å². The molecule has 0 atom stereocenters. The van der Waals surface area contributed by atoms with Crippen LogP contribution in [0.5, 0.6) is 0 Å². The highest BCUT2D eigenvalue weighted by atomic mass is 16.7. The molecule has 2 rings (SSSR count). The minimum atomic E-state index is -3.12. The SMILES string of the molecule is [2H]C([2H])([2H])C([2H])([2H])C([2H])([2H])c1ccnc(B2OC(C)(C)C(C)(C)O2)c1. The van der Waals surface area contributed by atoms with Crippen molar-refractivity contribution in [3.05, 3.63) is 23.9 Å². The predicted molar refractivity (Wildman–Crippen MR) is 73.9 cm³/mol. The molecular formula is C14H22BNO2. The van der Waals surface area contributed by atoms with E-state index in [1.165, 1.54) is 18.3 Å². The number of pyridine rings is 1. The smallest absolute Gasteiger partial charge is 0.398 e. The van der Waals surface area contributed by atoms with Gasteiger partial charge in [0.2, 0.25) is 0 Å². The molecule has 1 aliphatic heterocycles. The maximum absolute atomic E-state index is 8.07. The third kappa shape index (κ3) is 2.45. The molecule has 1 aromatic rings. The molecule has 0 spiro atoms. The van der Waals surface area contributed by atoms with E-state index in [0.29, 0.717) is 0 Å². The molecule has 4 heteroatoms. The average Bonchev–Trinajstić information content (AvgIpc) is 2.66. The first-order valence-electron chi connectivity index (χ1n) is 9.35. The lowest BCUT2D eigenvalue weighted by molar-refractivity contribution is 0.00578. The van der Waals surface area contributed by atoms with E-state index in [1.807, 2.05) is 27.7 Å². The quantitative estimate of drug-likeness (QED) is 0.776. The van der Waals surface area contributed by atoms with Gasteiger partial charge in [-0.2, -0.15) is 0 Å². The van der Waals surface area contributed by atoms with Gasteiger partial charge in [-0.25, -0.2) is 0 Å². The molecule has 1 saturated heterocycles. The van der Waals surface area contributed by atoms with Gasteiger partial charge in [0.1, 0.15) is 0 Å². The molecule has 98 valence electrons. The minimum absolute atomic E-state index is 0.131. The van der Waals surface area contributed by atoms with Crippen molar-refractivity contribution in [3.8, 4) is 0 Å². The molecule has 0 radical (unpaired) electrons. The van der Waals surface area contributed by atoms with Crippen molar-refractivity contribution in [1.82, 2.24) is 4.98 Å². The van der Waals surface area contributed by atoms with Crippen LogP contribution in [0.15, 0.2) is 18.3 Å². The van der Waals surface area contributed by atoms with Gasteiger partial charge in [-0.3, -0.25) is 4.98 Å². The average molecular weight is 254 g/mol. The zero-order chi connectivity index (χ0) is 19.5. The highest BCUT2D eigenvalue weighted by molar-refractivity contribution is 6.61. The maximum Gasteiger partial charge on any atom is 0.514 e. The molecule has 0 aromatic carbocycles. The van der Waals surface area contributed by atoms with Crippen LogP contribution in [0.25, 0.3) is 0 Å². The first-order valence-corrected chi connectivity index (χ1v) is 5.85. The van der Waals surface area contributed by atoms with Crippen molar-refractivity contribution in [2.24, 2.45) is 0 Å². The second-order valence-corrected chi connectivity index (χ2v) is 5.31. The monoisotopic (exact) mass is 254 g/mol. The fraction of sp³-hybridized carbons (Fsp3) is 0.643. The van der Waals surface area contributed by atoms with Crippen molar-refractivity contribution in [2.75, 3.05) is 0 Å². The van der Waals surface area contributed by atoms with E-state index < -0.39 is 37.9 Å². The summed E-state index contributed by atoms with van der Waals surface area (Å²) in [4.78, 5) is 4.13. The number of aromatic nitrogens is 1. The summed E-state index contributed by atoms with van der Waals surface area (Å²) in [6.07, 6.45) is -4.53. The zero-order valence-corrected chi connectivity index (χ0v) is 11.1. The summed E-state index contributed by atoms with van der Waals surface area (Å²) in [7, 11) is -0.848. The Labute approximate surface area is 120 Å². The number of rotatable bonds is 3. The summed E-state index contributed by atoms with van der Waals surface area (Å²) >= 11 is 0. The summed E-state index contributed by atoms with van der Waals surface area (Å²) < 4.78 is 65.4. The van der Waals surface area contributed by atoms with Gasteiger partial charge in [0.05, 0.1) is 16.8 Å². The van der Waals surface area contributed by atoms with Crippen LogP contribution >= 0.6 is 0 Å². The van der Waals surface area contributed by atoms with Gasteiger partial charge in [-0.1, -0.05) is 13.2 Å². The summed E-state index contributed by atoms with van der Waals surface area (Å²) in [6.45, 7) is 4.34. The van der Waals surface area contributed by atoms with Crippen LogP contribution in [0.1, 0.15) is 56.1 Å². The van der Waals surface area contributed by atoms with Crippen LogP contribution in [0.4, 0.5) is 0 Å². The predicted octanol–water partition coefficient (Wildman–Crippen LogP) is 2.33. The molecule has 0 N–H and O–H groups in total. The zero-order valence-electron chi connectivity index (χ0n) is 18.1. The lowest BCUT2D eigenvalue weighted by Gasteiger charge is -2.32. The number of hydrogen-bond donors (Lipinski definition) is 0. The second-order valence-electron chi connectivity index (χ2n) is 5.31. The Kier molecular flexibility index (Phi) is 1.83. The van der Waals surface area contributed by atoms with E-state index in [-0.39, 0.29) is 11.2 Å². The first kappa shape index (κ1) is 7.06. The largest absolute Gasteiger partial charge is 0.514 e. The highest BCUT2D eigenvalue weighted by Gasteiger charge is 2.52. The molecule has 0 bridgehead atoms. The molecule has 3 nitrogen and oxygen atoms in total. The van der Waals surface area contributed by atoms with E-state index in [4.69, 9.17) is 18.9 Å². The van der Waals surface area contributed by atoms with Crippen molar-refractivity contribution in [1.29, 1.82) is 0 Å². The first-order chi connectivity index (χ1) is 11.0. The summed E-state index contributed by atoms with van der Waals surface area (Å²) in [5, 5.41) is 0. The van der Waals surface area contributed by atoms with Crippen molar-refractivity contribution < 1.29 is 18.9 Å². The van der Waals surface area contributed by atoms with Crippen molar-refractivity contribution >= 4 is 12.7 Å². The van der Waals surface area contributed by atoms with Crippen molar-refractivity contribution in [2.45, 2.75) is 58.5 Å². The normalized spacial score (nSPS) is 29.3. The van der Waals surface area contributed by atoms with Crippen LogP contribution < -0.4 is 5.59 Å². The Bertz CT molecular complexity index is 645. The van der Waals surface area contributed by atoms with Gasteiger partial charge in [-0.05, 0) is 51.8 Å². The Hall–Kier alpha value is -0.865. The Morgan fingerprint density at radius 3 is 2.61 bits per heavy atom. The molecule has 18 heavy (non-hydrogen) atoms. The molecule has 0 aliphatic carbocycles. The molecule has 1 aliphatic rings. The van der Waals surface area contributed by atoms with E-state index >= 15 is 0 Å². The molecule has 0 saturated carbocycles. The molecular weight excluding hydrogens is 225 g/mol. The molecule has 0 amide bonds. The third-order valence-electron chi connectivity index (χ3n) is 3.48. The second kappa shape index (κ2) is 4.67. The van der Waals surface area contributed by atoms with Crippen molar-refractivity contribution in [3.63, 3.8) is 0 Å². The number of hydrogen-bond acceptors (Lipinski definition) is 3. The Morgan fingerprint density at radius 2 is 2.00 bits per heavy atom. The topological polar surface area (TPSA) is 31.4 Å². The van der Waals surface area contributed by atoms with Gasteiger partial charge in [0.15, 0.2) is 0 Å². The minimum Gasteiger partial charge on any atom is -0.398 e. The highest BCUT2D eigenvalue weighted by Crippen LogP contribution is 2.36. The maximum atomic E-state index is 8.07. The lowest BCUT2D eigenvalue weighted by Crippen LogP contribution is -2.41. The van der Waals surface area contributed by atoms with Gasteiger partial charge >= 0.3 is 7.12 Å². The number of nitrogens with zero attached hydrogens (tertiary/aromatic N) is 1. The van der Waals surface area contributed by atoms with E-state index in [0.717, 1.165) is 0 Å². The molecule has 0 unspecified atom stereocenters. The van der Waals surface area contributed by atoms with Crippen LogP contribution in [0, 0.1) is 0 Å². The fourth-order valence-corrected chi connectivity index (χ4v) is 1.69. The summed E-state index contributed by atoms with van der Waals surface area (Å²) in [5.41, 5.74) is -1.08. The number of aryl methyl sites for hydroxylation is 1. The third-order valence-corrected chi connectivity index (χ3v) is 3.48. The van der Waals surface area contributed by atoms with E-state index in [1.54, 1.807) is 0 Å². The summed E-state index contributed by atoms with van der Waals surface area (Å²) in [5.74, 6) is 0. The van der Waals surface area contributed by atoms with Crippen LogP contribution in [0.3, 0.4) is 0 Å². The van der Waals surface area contributed by atoms with Crippen LogP contribution in [0.2, 0.25) is 0 Å². The van der Waals surface area contributed by atoms with Gasteiger partial charge in [0.25, 0.3) is 0 Å². The van der Waals surface area contributed by atoms with Gasteiger partial charge in [0, 0.05) is 15.8 Å².